The molecular weight excluding hydrogens is 220 g/mol. The van der Waals surface area contributed by atoms with E-state index in [9.17, 15) is 4.79 Å². The number of oxime groups is 1. The number of amidine groups is 1. The summed E-state index contributed by atoms with van der Waals surface area (Å²) in [6, 6.07) is 3.47. The first-order valence-corrected chi connectivity index (χ1v) is 5.38. The number of nitrogens with zero attached hydrogens (tertiary/aromatic N) is 2. The highest BCUT2D eigenvalue weighted by atomic mass is 16.4. The number of anilines is 1. The summed E-state index contributed by atoms with van der Waals surface area (Å²) in [4.78, 5) is 16.0. The zero-order valence-electron chi connectivity index (χ0n) is 9.26. The lowest BCUT2D eigenvalue weighted by Crippen LogP contribution is -2.51. The molecule has 0 bridgehead atoms. The van der Waals surface area contributed by atoms with E-state index in [0.29, 0.717) is 18.5 Å². The van der Waals surface area contributed by atoms with Crippen molar-refractivity contribution in [1.29, 1.82) is 0 Å². The molecule has 1 aliphatic carbocycles. The van der Waals surface area contributed by atoms with Crippen LogP contribution in [0.2, 0.25) is 0 Å². The van der Waals surface area contributed by atoms with Crippen molar-refractivity contribution in [2.75, 3.05) is 5.32 Å². The van der Waals surface area contributed by atoms with Crippen LogP contribution in [0, 0.1) is 5.41 Å². The smallest absolute Gasteiger partial charge is 0.238 e. The Labute approximate surface area is 98.5 Å². The molecule has 1 fully saturated rings. The second kappa shape index (κ2) is 4.40. The van der Waals surface area contributed by atoms with E-state index in [1.54, 1.807) is 24.5 Å². The molecule has 0 aromatic carbocycles. The van der Waals surface area contributed by atoms with Crippen LogP contribution in [0.3, 0.4) is 0 Å². The van der Waals surface area contributed by atoms with Gasteiger partial charge in [0.2, 0.25) is 5.91 Å². The molecule has 1 heterocycles. The quantitative estimate of drug-likeness (QED) is 0.313. The zero-order valence-corrected chi connectivity index (χ0v) is 9.26. The van der Waals surface area contributed by atoms with Crippen LogP contribution in [-0.2, 0) is 4.79 Å². The number of nitrogens with one attached hydrogen (secondary N) is 1. The summed E-state index contributed by atoms with van der Waals surface area (Å²) < 4.78 is 0. The first-order valence-electron chi connectivity index (χ1n) is 5.38. The Morgan fingerprint density at radius 3 is 2.82 bits per heavy atom. The molecule has 1 saturated carbocycles. The van der Waals surface area contributed by atoms with Crippen molar-refractivity contribution >= 4 is 17.4 Å². The molecule has 0 spiro atoms. The number of nitrogens with two attached hydrogens (primary N) is 1. The fourth-order valence-corrected chi connectivity index (χ4v) is 1.91. The summed E-state index contributed by atoms with van der Waals surface area (Å²) in [6.45, 7) is 0. The van der Waals surface area contributed by atoms with Crippen LogP contribution < -0.4 is 11.1 Å². The van der Waals surface area contributed by atoms with Gasteiger partial charge in [0.15, 0.2) is 5.84 Å². The molecule has 0 radical (unpaired) electrons. The normalized spacial score (nSPS) is 18.2. The summed E-state index contributed by atoms with van der Waals surface area (Å²) in [6.07, 6.45) is 5.29. The predicted octanol–water partition coefficient (Wildman–Crippen LogP) is 0.937. The van der Waals surface area contributed by atoms with E-state index in [0.717, 1.165) is 6.42 Å². The molecule has 2 rings (SSSR count). The standard InChI is InChI=1S/C11H14N4O2/c12-9(15-17)11(4-2-5-11)10(16)14-8-3-1-6-13-7-8/h1,3,6-7,17H,2,4-5H2,(H2,12,15)(H,14,16). The van der Waals surface area contributed by atoms with Gasteiger partial charge in [0.25, 0.3) is 0 Å². The van der Waals surface area contributed by atoms with Crippen molar-refractivity contribution in [3.8, 4) is 0 Å². The molecule has 1 amide bonds. The Kier molecular flexibility index (Phi) is 2.95. The van der Waals surface area contributed by atoms with Crippen LogP contribution in [0.15, 0.2) is 29.7 Å². The maximum Gasteiger partial charge on any atom is 0.238 e. The lowest BCUT2D eigenvalue weighted by atomic mass is 9.67. The molecule has 0 atom stereocenters. The molecule has 6 heteroatoms. The molecular formula is C11H14N4O2. The highest BCUT2D eigenvalue weighted by Gasteiger charge is 2.48. The van der Waals surface area contributed by atoms with Crippen LogP contribution >= 0.6 is 0 Å². The first kappa shape index (κ1) is 11.4. The van der Waals surface area contributed by atoms with Gasteiger partial charge in [0.05, 0.1) is 11.9 Å². The summed E-state index contributed by atoms with van der Waals surface area (Å²) in [5.41, 5.74) is 5.34. The number of amides is 1. The summed E-state index contributed by atoms with van der Waals surface area (Å²) >= 11 is 0. The Bertz CT molecular complexity index is 440. The number of hydrogen-bond acceptors (Lipinski definition) is 4. The maximum atomic E-state index is 12.1. The molecule has 4 N–H and O–H groups in total. The molecule has 1 aliphatic rings. The monoisotopic (exact) mass is 234 g/mol. The Morgan fingerprint density at radius 2 is 2.35 bits per heavy atom. The van der Waals surface area contributed by atoms with Crippen LogP contribution in [0.1, 0.15) is 19.3 Å². The average Bonchev–Trinajstić information content (AvgIpc) is 2.28. The van der Waals surface area contributed by atoms with Crippen molar-refractivity contribution in [2.24, 2.45) is 16.3 Å². The van der Waals surface area contributed by atoms with Crippen molar-refractivity contribution in [1.82, 2.24) is 4.98 Å². The number of pyridine rings is 1. The van der Waals surface area contributed by atoms with Gasteiger partial charge in [-0.2, -0.15) is 0 Å². The summed E-state index contributed by atoms with van der Waals surface area (Å²) in [5, 5.41) is 14.4. The van der Waals surface area contributed by atoms with Gasteiger partial charge >= 0.3 is 0 Å². The van der Waals surface area contributed by atoms with Gasteiger partial charge in [-0.05, 0) is 25.0 Å². The number of carbonyl (C=O) groups is 1. The zero-order chi connectivity index (χ0) is 12.3. The van der Waals surface area contributed by atoms with Gasteiger partial charge in [-0.25, -0.2) is 0 Å². The van der Waals surface area contributed by atoms with Crippen LogP contribution in [-0.4, -0.2) is 21.9 Å². The van der Waals surface area contributed by atoms with Crippen molar-refractivity contribution in [3.05, 3.63) is 24.5 Å². The lowest BCUT2D eigenvalue weighted by molar-refractivity contribution is -0.125. The minimum Gasteiger partial charge on any atom is -0.409 e. The lowest BCUT2D eigenvalue weighted by Gasteiger charge is -2.38. The molecule has 17 heavy (non-hydrogen) atoms. The van der Waals surface area contributed by atoms with E-state index >= 15 is 0 Å². The van der Waals surface area contributed by atoms with E-state index < -0.39 is 5.41 Å². The van der Waals surface area contributed by atoms with E-state index in [1.165, 1.54) is 0 Å². The second-order valence-electron chi connectivity index (χ2n) is 4.12. The van der Waals surface area contributed by atoms with Crippen LogP contribution in [0.5, 0.6) is 0 Å². The topological polar surface area (TPSA) is 101 Å². The van der Waals surface area contributed by atoms with Gasteiger partial charge in [-0.15, -0.1) is 0 Å². The number of hydrogen-bond donors (Lipinski definition) is 3. The van der Waals surface area contributed by atoms with E-state index in [1.807, 2.05) is 0 Å². The molecule has 0 saturated heterocycles. The van der Waals surface area contributed by atoms with Gasteiger partial charge in [-0.3, -0.25) is 9.78 Å². The predicted molar refractivity (Wildman–Crippen MR) is 62.6 cm³/mol. The second-order valence-corrected chi connectivity index (χ2v) is 4.12. The van der Waals surface area contributed by atoms with Crippen LogP contribution in [0.4, 0.5) is 5.69 Å². The Morgan fingerprint density at radius 1 is 1.59 bits per heavy atom. The SMILES string of the molecule is N/C(=N/O)C1(C(=O)Nc2cccnc2)CCC1. The minimum absolute atomic E-state index is 0.0230. The third-order valence-electron chi connectivity index (χ3n) is 3.16. The van der Waals surface area contributed by atoms with Crippen molar-refractivity contribution in [3.63, 3.8) is 0 Å². The Balaban J connectivity index is 2.14. The summed E-state index contributed by atoms with van der Waals surface area (Å²) in [5.74, 6) is -0.266. The third-order valence-corrected chi connectivity index (χ3v) is 3.16. The first-order chi connectivity index (χ1) is 8.19. The molecule has 90 valence electrons. The maximum absolute atomic E-state index is 12.1. The van der Waals surface area contributed by atoms with E-state index in [4.69, 9.17) is 10.9 Å². The Hall–Kier alpha value is -2.11. The average molecular weight is 234 g/mol. The fraction of sp³-hybridized carbons (Fsp3) is 0.364. The molecule has 0 unspecified atom stereocenters. The van der Waals surface area contributed by atoms with Gasteiger partial charge in [0, 0.05) is 6.20 Å². The summed E-state index contributed by atoms with van der Waals surface area (Å²) in [7, 11) is 0. The van der Waals surface area contributed by atoms with E-state index in [2.05, 4.69) is 15.5 Å². The number of rotatable bonds is 3. The molecule has 0 aliphatic heterocycles. The highest BCUT2D eigenvalue weighted by Crippen LogP contribution is 2.42. The number of carbonyl (C=O) groups excluding carboxylic acids is 1. The molecule has 1 aromatic heterocycles. The van der Waals surface area contributed by atoms with Crippen molar-refractivity contribution in [2.45, 2.75) is 19.3 Å². The molecule has 1 aromatic rings. The largest absolute Gasteiger partial charge is 0.409 e. The van der Waals surface area contributed by atoms with Crippen molar-refractivity contribution < 1.29 is 10.0 Å². The highest BCUT2D eigenvalue weighted by molar-refractivity contribution is 6.12. The van der Waals surface area contributed by atoms with Gasteiger partial charge < -0.3 is 16.3 Å². The fourth-order valence-electron chi connectivity index (χ4n) is 1.91. The minimum atomic E-state index is -0.857. The van der Waals surface area contributed by atoms with E-state index in [-0.39, 0.29) is 11.7 Å². The van der Waals surface area contributed by atoms with Gasteiger partial charge in [0.1, 0.15) is 5.41 Å². The third kappa shape index (κ3) is 1.93. The molecule has 6 nitrogen and oxygen atoms in total. The van der Waals surface area contributed by atoms with Crippen LogP contribution in [0.25, 0.3) is 0 Å². The van der Waals surface area contributed by atoms with Gasteiger partial charge in [-0.1, -0.05) is 11.6 Å². The number of aromatic nitrogens is 1.